The molecule has 3 atom stereocenters. The Kier molecular flexibility index (Phi) is 6.55. The highest BCUT2D eigenvalue weighted by Crippen LogP contribution is 2.35. The van der Waals surface area contributed by atoms with Crippen LogP contribution in [0, 0.1) is 5.92 Å². The topological polar surface area (TPSA) is 82.8 Å². The van der Waals surface area contributed by atoms with Gasteiger partial charge in [-0.2, -0.15) is 0 Å². The first-order valence-electron chi connectivity index (χ1n) is 10.5. The summed E-state index contributed by atoms with van der Waals surface area (Å²) in [5.41, 5.74) is 0.877. The van der Waals surface area contributed by atoms with Crippen LogP contribution >= 0.6 is 11.6 Å². The molecule has 1 aliphatic rings. The van der Waals surface area contributed by atoms with Gasteiger partial charge in [0.1, 0.15) is 24.8 Å². The first-order valence-corrected chi connectivity index (χ1v) is 10.9. The minimum Gasteiger partial charge on any atom is -0.490 e. The van der Waals surface area contributed by atoms with Crippen molar-refractivity contribution >= 4 is 17.6 Å². The number of carboxylic acids is 1. The van der Waals surface area contributed by atoms with E-state index in [4.69, 9.17) is 25.8 Å². The maximum absolute atomic E-state index is 11.9. The Morgan fingerprint density at radius 2 is 2.06 bits per heavy atom. The van der Waals surface area contributed by atoms with E-state index in [-0.39, 0.29) is 12.0 Å². The van der Waals surface area contributed by atoms with Gasteiger partial charge in [0.15, 0.2) is 17.6 Å². The molecule has 0 amide bonds. The third-order valence-electron chi connectivity index (χ3n) is 5.60. The van der Waals surface area contributed by atoms with Crippen molar-refractivity contribution in [2.45, 2.75) is 25.4 Å². The zero-order chi connectivity index (χ0) is 22.7. The van der Waals surface area contributed by atoms with Crippen molar-refractivity contribution in [3.8, 4) is 17.2 Å². The molecule has 32 heavy (non-hydrogen) atoms. The average Bonchev–Trinajstić information content (AvgIpc) is 3.21. The number of aliphatic carboxylic acids is 1. The molecule has 0 saturated carbocycles. The molecule has 7 nitrogen and oxygen atoms in total. The van der Waals surface area contributed by atoms with Crippen LogP contribution in [0.25, 0.3) is 0 Å². The minimum absolute atomic E-state index is 0.266. The summed E-state index contributed by atoms with van der Waals surface area (Å²) in [6, 6.07) is 12.7. The normalized spacial score (nSPS) is 16.9. The van der Waals surface area contributed by atoms with Crippen molar-refractivity contribution in [1.29, 1.82) is 0 Å². The molecule has 0 saturated heterocycles. The van der Waals surface area contributed by atoms with Crippen LogP contribution in [0.4, 0.5) is 0 Å². The number of aryl methyl sites for hydroxylation is 1. The molecule has 0 aliphatic carbocycles. The summed E-state index contributed by atoms with van der Waals surface area (Å²) in [6.45, 7) is 2.56. The Morgan fingerprint density at radius 3 is 2.72 bits per heavy atom. The molecule has 2 aromatic carbocycles. The SMILES string of the molecule is CCC(C(=O)O)C(c1ccc(OC[C@H]2COc3ccc(Cl)cc3O2)cc1)c1nccn1C. The third-order valence-corrected chi connectivity index (χ3v) is 5.83. The molecule has 1 aromatic heterocycles. The molecule has 1 N–H and O–H groups in total. The predicted molar refractivity (Wildman–Crippen MR) is 120 cm³/mol. The molecule has 4 rings (SSSR count). The summed E-state index contributed by atoms with van der Waals surface area (Å²) >= 11 is 6.03. The Balaban J connectivity index is 1.46. The zero-order valence-electron chi connectivity index (χ0n) is 17.9. The molecule has 8 heteroatoms. The number of benzene rings is 2. The average molecular weight is 457 g/mol. The summed E-state index contributed by atoms with van der Waals surface area (Å²) in [7, 11) is 1.87. The summed E-state index contributed by atoms with van der Waals surface area (Å²) in [5, 5.41) is 10.4. The van der Waals surface area contributed by atoms with E-state index in [0.717, 1.165) is 11.4 Å². The van der Waals surface area contributed by atoms with Gasteiger partial charge in [-0.25, -0.2) is 4.98 Å². The number of halogens is 1. The lowest BCUT2D eigenvalue weighted by atomic mass is 9.83. The van der Waals surface area contributed by atoms with E-state index in [2.05, 4.69) is 4.98 Å². The Bertz CT molecular complexity index is 1080. The molecular formula is C24H25ClN2O5. The molecule has 0 bridgehead atoms. The Hall–Kier alpha value is -3.19. The van der Waals surface area contributed by atoms with Crippen molar-refractivity contribution in [2.75, 3.05) is 13.2 Å². The summed E-state index contributed by atoms with van der Waals surface area (Å²) in [5.74, 6) is 0.874. The number of fused-ring (bicyclic) bond motifs is 1. The largest absolute Gasteiger partial charge is 0.490 e. The number of rotatable bonds is 8. The Morgan fingerprint density at radius 1 is 1.28 bits per heavy atom. The van der Waals surface area contributed by atoms with Crippen molar-refractivity contribution < 1.29 is 24.1 Å². The second-order valence-corrected chi connectivity index (χ2v) is 8.19. The number of imidazole rings is 1. The van der Waals surface area contributed by atoms with Gasteiger partial charge in [-0.3, -0.25) is 4.79 Å². The van der Waals surface area contributed by atoms with Gasteiger partial charge in [0.05, 0.1) is 11.8 Å². The first-order chi connectivity index (χ1) is 15.5. The van der Waals surface area contributed by atoms with Crippen molar-refractivity contribution in [2.24, 2.45) is 13.0 Å². The van der Waals surface area contributed by atoms with E-state index in [1.165, 1.54) is 0 Å². The third kappa shape index (κ3) is 4.67. The summed E-state index contributed by atoms with van der Waals surface area (Å²) in [6.07, 6.45) is 3.74. The van der Waals surface area contributed by atoms with E-state index < -0.39 is 11.9 Å². The van der Waals surface area contributed by atoms with Crippen LogP contribution in [0.3, 0.4) is 0 Å². The standard InChI is InChI=1S/C24H25ClN2O5/c1-3-19(24(28)29)22(23-26-10-11-27(23)2)15-4-7-17(8-5-15)30-13-18-14-31-20-9-6-16(25)12-21(20)32-18/h4-12,18-19,22H,3,13-14H2,1-2H3,(H,28,29)/t18-,19?,22?/m0/s1. The van der Waals surface area contributed by atoms with Crippen LogP contribution in [-0.2, 0) is 11.8 Å². The number of aromatic nitrogens is 2. The maximum Gasteiger partial charge on any atom is 0.307 e. The minimum atomic E-state index is -0.837. The van der Waals surface area contributed by atoms with Crippen LogP contribution < -0.4 is 14.2 Å². The van der Waals surface area contributed by atoms with Gasteiger partial charge in [-0.1, -0.05) is 30.7 Å². The molecule has 0 radical (unpaired) electrons. The number of ether oxygens (including phenoxy) is 3. The Labute approximate surface area is 191 Å². The highest BCUT2D eigenvalue weighted by molar-refractivity contribution is 6.30. The smallest absolute Gasteiger partial charge is 0.307 e. The van der Waals surface area contributed by atoms with Gasteiger partial charge in [0.25, 0.3) is 0 Å². The molecular weight excluding hydrogens is 432 g/mol. The first kappa shape index (κ1) is 22.0. The molecule has 1 aliphatic heterocycles. The van der Waals surface area contributed by atoms with Crippen LogP contribution in [0.1, 0.15) is 30.7 Å². The van der Waals surface area contributed by atoms with Gasteiger partial charge in [-0.05, 0) is 36.2 Å². The van der Waals surface area contributed by atoms with Crippen molar-refractivity contribution in [3.05, 3.63) is 71.3 Å². The molecule has 0 spiro atoms. The fourth-order valence-corrected chi connectivity index (χ4v) is 4.09. The van der Waals surface area contributed by atoms with Crippen LogP contribution in [0.5, 0.6) is 17.2 Å². The number of carboxylic acid groups (broad SMARTS) is 1. The second-order valence-electron chi connectivity index (χ2n) is 7.75. The van der Waals surface area contributed by atoms with Crippen molar-refractivity contribution in [1.82, 2.24) is 9.55 Å². The van der Waals surface area contributed by atoms with E-state index in [0.29, 0.717) is 41.9 Å². The monoisotopic (exact) mass is 456 g/mol. The van der Waals surface area contributed by atoms with Crippen LogP contribution in [0.2, 0.25) is 5.02 Å². The van der Waals surface area contributed by atoms with E-state index in [1.807, 2.05) is 49.0 Å². The molecule has 0 fully saturated rings. The van der Waals surface area contributed by atoms with Crippen molar-refractivity contribution in [3.63, 3.8) is 0 Å². The summed E-state index contributed by atoms with van der Waals surface area (Å²) < 4.78 is 19.4. The molecule has 2 heterocycles. The highest BCUT2D eigenvalue weighted by atomic mass is 35.5. The fraction of sp³-hybridized carbons (Fsp3) is 0.333. The second kappa shape index (κ2) is 9.53. The zero-order valence-corrected chi connectivity index (χ0v) is 18.7. The van der Waals surface area contributed by atoms with Gasteiger partial charge < -0.3 is 23.9 Å². The molecule has 2 unspecified atom stereocenters. The lowest BCUT2D eigenvalue weighted by molar-refractivity contribution is -0.142. The van der Waals surface area contributed by atoms with E-state index >= 15 is 0 Å². The molecule has 3 aromatic rings. The van der Waals surface area contributed by atoms with E-state index in [9.17, 15) is 9.90 Å². The number of carbonyl (C=O) groups is 1. The number of hydrogen-bond acceptors (Lipinski definition) is 5. The lowest BCUT2D eigenvalue weighted by Crippen LogP contribution is -2.34. The lowest BCUT2D eigenvalue weighted by Gasteiger charge is -2.26. The van der Waals surface area contributed by atoms with Gasteiger partial charge in [-0.15, -0.1) is 0 Å². The predicted octanol–water partition coefficient (Wildman–Crippen LogP) is 4.54. The summed E-state index contributed by atoms with van der Waals surface area (Å²) in [4.78, 5) is 16.3. The number of nitrogens with zero attached hydrogens (tertiary/aromatic N) is 2. The fourth-order valence-electron chi connectivity index (χ4n) is 3.92. The van der Waals surface area contributed by atoms with Crippen LogP contribution in [0.15, 0.2) is 54.9 Å². The van der Waals surface area contributed by atoms with Crippen LogP contribution in [-0.4, -0.2) is 39.9 Å². The number of hydrogen-bond donors (Lipinski definition) is 1. The van der Waals surface area contributed by atoms with Gasteiger partial charge >= 0.3 is 5.97 Å². The quantitative estimate of drug-likeness (QED) is 0.536. The van der Waals surface area contributed by atoms with Gasteiger partial charge in [0, 0.05) is 30.5 Å². The highest BCUT2D eigenvalue weighted by Gasteiger charge is 2.32. The molecule has 168 valence electrons. The van der Waals surface area contributed by atoms with Gasteiger partial charge in [0.2, 0.25) is 0 Å². The maximum atomic E-state index is 11.9. The van der Waals surface area contributed by atoms with E-state index in [1.54, 1.807) is 24.4 Å².